The third-order valence-corrected chi connectivity index (χ3v) is 11.9. The monoisotopic (exact) mass is 691 g/mol. The highest BCUT2D eigenvalue weighted by Gasteiger charge is 2.61. The summed E-state index contributed by atoms with van der Waals surface area (Å²) in [6.45, 7) is 12.6. The molecule has 1 aromatic rings. The van der Waals surface area contributed by atoms with Crippen molar-refractivity contribution in [1.29, 1.82) is 0 Å². The summed E-state index contributed by atoms with van der Waals surface area (Å²) in [6.07, 6.45) is 12.9. The number of methoxy groups -OCH3 is 1. The molecular formula is C36H61N5O6S. The van der Waals surface area contributed by atoms with E-state index in [9.17, 15) is 24.3 Å². The second kappa shape index (κ2) is 16.9. The third-order valence-electron chi connectivity index (χ3n) is 11.1. The van der Waals surface area contributed by atoms with Gasteiger partial charge in [0.2, 0.25) is 17.7 Å². The molecule has 11 nitrogen and oxygen atoms in total. The third kappa shape index (κ3) is 9.56. The Morgan fingerprint density at radius 3 is 2.23 bits per heavy atom. The number of nitrogens with zero attached hydrogens (tertiary/aromatic N) is 4. The smallest absolute Gasteiger partial charge is 0.265 e. The van der Waals surface area contributed by atoms with E-state index in [0.29, 0.717) is 55.2 Å². The molecule has 12 heteroatoms. The first-order valence-corrected chi connectivity index (χ1v) is 18.9. The van der Waals surface area contributed by atoms with E-state index in [2.05, 4.69) is 25.8 Å². The quantitative estimate of drug-likeness (QED) is 0.410. The molecule has 2 aliphatic carbocycles. The molecule has 4 atom stereocenters. The Morgan fingerprint density at radius 2 is 1.71 bits per heavy atom. The van der Waals surface area contributed by atoms with Crippen LogP contribution < -0.4 is 5.73 Å². The van der Waals surface area contributed by atoms with E-state index in [1.807, 2.05) is 16.7 Å². The first-order valence-electron chi connectivity index (χ1n) is 18.0. The summed E-state index contributed by atoms with van der Waals surface area (Å²) in [5, 5.41) is 9.18. The number of carbonyl (C=O) groups is 4. The minimum Gasteiger partial charge on any atom is -0.393 e. The maximum Gasteiger partial charge on any atom is 0.265 e. The van der Waals surface area contributed by atoms with Crippen molar-refractivity contribution < 1.29 is 30.4 Å². The van der Waals surface area contributed by atoms with Gasteiger partial charge in [-0.3, -0.25) is 24.2 Å². The molecule has 48 heavy (non-hydrogen) atoms. The van der Waals surface area contributed by atoms with Crippen LogP contribution in [0.2, 0.25) is 0 Å². The number of thiazole rings is 1. The van der Waals surface area contributed by atoms with Crippen LogP contribution in [-0.4, -0.2) is 108 Å². The number of rotatable bonds is 8. The van der Waals surface area contributed by atoms with Gasteiger partial charge in [0, 0.05) is 65.6 Å². The number of nitrogens with two attached hydrogens (primary N) is 1. The minimum atomic E-state index is -0.402. The van der Waals surface area contributed by atoms with E-state index in [0.717, 1.165) is 39.0 Å². The molecule has 2 saturated carbocycles. The molecule has 4 heterocycles. The number of primary amides is 1. The van der Waals surface area contributed by atoms with Crippen LogP contribution in [0.3, 0.4) is 0 Å². The summed E-state index contributed by atoms with van der Waals surface area (Å²) >= 11 is 1.29. The molecule has 1 aromatic heterocycles. The van der Waals surface area contributed by atoms with Crippen LogP contribution in [0.4, 0.5) is 0 Å². The molecule has 3 saturated heterocycles. The second-order valence-electron chi connectivity index (χ2n) is 15.5. The van der Waals surface area contributed by atoms with E-state index >= 15 is 0 Å². The van der Waals surface area contributed by atoms with E-state index in [1.54, 1.807) is 23.7 Å². The highest BCUT2D eigenvalue weighted by atomic mass is 32.1. The molecule has 6 rings (SSSR count). The molecule has 3 aliphatic heterocycles. The van der Waals surface area contributed by atoms with Gasteiger partial charge in [-0.25, -0.2) is 0 Å². The van der Waals surface area contributed by atoms with Gasteiger partial charge in [-0.2, -0.15) is 0 Å². The standard InChI is InChI=1S/C17H22N4O3S.C11H21NO2.C8H16O.H2/c1-16(2)3-10(16)14(23)21-7-17(8-21)6-20(5-11(17)13(18)22)15(24)12-4-19-9-25-12;1-3-5-11(13)12-7-4-6-10(8-12)9-14-2;1-7(9)8-5-3-2-4-6-8;/h4,9-11H,3,5-8H2,1-2H3,(H2,18,22);10H,3-9H2,1-2H3;7-9H,2-6H2,1H3;1H/t10-,11+;10-;7-;/m101./s1. The number of piperidine rings is 1. The van der Waals surface area contributed by atoms with Crippen LogP contribution in [0.25, 0.3) is 0 Å². The van der Waals surface area contributed by atoms with Crippen LogP contribution in [0, 0.1) is 34.5 Å². The summed E-state index contributed by atoms with van der Waals surface area (Å²) in [7, 11) is 1.73. The van der Waals surface area contributed by atoms with Gasteiger partial charge >= 0.3 is 0 Å². The average molecular weight is 692 g/mol. The molecule has 5 fully saturated rings. The van der Waals surface area contributed by atoms with Crippen molar-refractivity contribution in [2.75, 3.05) is 53.0 Å². The largest absolute Gasteiger partial charge is 0.393 e. The Hall–Kier alpha value is -2.57. The number of hydrogen-bond acceptors (Lipinski definition) is 8. The maximum absolute atomic E-state index is 12.6. The zero-order chi connectivity index (χ0) is 35.1. The van der Waals surface area contributed by atoms with Gasteiger partial charge in [0.05, 0.1) is 30.3 Å². The predicted molar refractivity (Wildman–Crippen MR) is 188 cm³/mol. The van der Waals surface area contributed by atoms with E-state index in [-0.39, 0.29) is 36.1 Å². The van der Waals surface area contributed by atoms with Crippen LogP contribution >= 0.6 is 11.3 Å². The number of aliphatic hydroxyl groups excluding tert-OH is 1. The van der Waals surface area contributed by atoms with Crippen LogP contribution in [-0.2, 0) is 19.1 Å². The van der Waals surface area contributed by atoms with E-state index in [4.69, 9.17) is 10.5 Å². The van der Waals surface area contributed by atoms with Gasteiger partial charge in [0.1, 0.15) is 4.88 Å². The molecule has 3 N–H and O–H groups in total. The maximum atomic E-state index is 12.6. The summed E-state index contributed by atoms with van der Waals surface area (Å²) < 4.78 is 5.13. The fourth-order valence-electron chi connectivity index (χ4n) is 7.94. The zero-order valence-electron chi connectivity index (χ0n) is 29.8. The lowest BCUT2D eigenvalue weighted by Crippen LogP contribution is -2.64. The van der Waals surface area contributed by atoms with E-state index < -0.39 is 11.8 Å². The molecular weight excluding hydrogens is 630 g/mol. The Balaban J connectivity index is 0.000000228. The lowest BCUT2D eigenvalue weighted by atomic mass is 9.71. The summed E-state index contributed by atoms with van der Waals surface area (Å²) in [6, 6.07) is 0. The number of carbonyl (C=O) groups excluding carboxylic acids is 4. The molecule has 0 unspecified atom stereocenters. The number of ether oxygens (including phenoxy) is 1. The molecule has 272 valence electrons. The van der Waals surface area contributed by atoms with Gasteiger partial charge < -0.3 is 30.3 Å². The zero-order valence-corrected chi connectivity index (χ0v) is 30.6. The topological polar surface area (TPSA) is 146 Å². The Morgan fingerprint density at radius 1 is 1.04 bits per heavy atom. The summed E-state index contributed by atoms with van der Waals surface area (Å²) in [4.78, 5) is 58.7. The number of aliphatic hydroxyl groups is 1. The fourth-order valence-corrected chi connectivity index (χ4v) is 8.53. The molecule has 4 amide bonds. The van der Waals surface area contributed by atoms with Crippen molar-refractivity contribution in [3.8, 4) is 0 Å². The Bertz CT molecular complexity index is 1230. The Kier molecular flexibility index (Phi) is 13.5. The minimum absolute atomic E-state index is 0. The highest BCUT2D eigenvalue weighted by molar-refractivity contribution is 7.11. The number of likely N-dealkylation sites (tertiary alicyclic amines) is 3. The van der Waals surface area contributed by atoms with Crippen LogP contribution in [0.5, 0.6) is 0 Å². The first kappa shape index (κ1) is 38.2. The summed E-state index contributed by atoms with van der Waals surface area (Å²) in [5.41, 5.74) is 6.93. The first-order chi connectivity index (χ1) is 22.8. The molecule has 0 radical (unpaired) electrons. The van der Waals surface area contributed by atoms with Gasteiger partial charge in [0.15, 0.2) is 0 Å². The molecule has 0 aromatic carbocycles. The summed E-state index contributed by atoms with van der Waals surface area (Å²) in [5.74, 6) is 0.832. The van der Waals surface area contributed by atoms with E-state index in [1.165, 1.54) is 49.9 Å². The normalized spacial score (nSPS) is 26.4. The van der Waals surface area contributed by atoms with Crippen molar-refractivity contribution in [3.63, 3.8) is 0 Å². The van der Waals surface area contributed by atoms with Crippen molar-refractivity contribution >= 4 is 35.0 Å². The lowest BCUT2D eigenvalue weighted by Gasteiger charge is -2.50. The SMILES string of the molecule is CC1(C)C[C@@H]1C(=O)N1CC2(CN(C(=O)c3cncs3)C[C@H]2C(N)=O)C1.CCCC(=O)N1CCC[C@H](COC)C1.C[C@@H](O)C1CCCCC1.[HH]. The second-order valence-corrected chi connectivity index (χ2v) is 16.4. The number of aromatic nitrogens is 1. The number of hydrogen-bond donors (Lipinski definition) is 2. The van der Waals surface area contributed by atoms with Crippen molar-refractivity contribution in [2.24, 2.45) is 40.2 Å². The van der Waals surface area contributed by atoms with Crippen molar-refractivity contribution in [2.45, 2.75) is 98.0 Å². The fraction of sp³-hybridized carbons (Fsp3) is 0.806. The molecule has 1 spiro atoms. The Labute approximate surface area is 292 Å². The number of amides is 4. The van der Waals surface area contributed by atoms with Gasteiger partial charge in [-0.1, -0.05) is 40.0 Å². The average Bonchev–Trinajstić information content (AvgIpc) is 3.41. The van der Waals surface area contributed by atoms with Crippen LogP contribution in [0.1, 0.15) is 103 Å². The van der Waals surface area contributed by atoms with Gasteiger partial charge in [-0.15, -0.1) is 11.3 Å². The highest BCUT2D eigenvalue weighted by Crippen LogP contribution is 2.54. The van der Waals surface area contributed by atoms with Crippen molar-refractivity contribution in [3.05, 3.63) is 16.6 Å². The predicted octanol–water partition coefficient (Wildman–Crippen LogP) is 4.44. The van der Waals surface area contributed by atoms with Gasteiger partial charge in [-0.05, 0) is 62.7 Å². The lowest BCUT2D eigenvalue weighted by molar-refractivity contribution is -0.150. The molecule has 5 aliphatic rings. The van der Waals surface area contributed by atoms with Gasteiger partial charge in [0.25, 0.3) is 5.91 Å². The molecule has 0 bridgehead atoms. The van der Waals surface area contributed by atoms with Crippen LogP contribution in [0.15, 0.2) is 11.7 Å². The van der Waals surface area contributed by atoms with Crippen molar-refractivity contribution in [1.82, 2.24) is 19.7 Å².